The summed E-state index contributed by atoms with van der Waals surface area (Å²) in [5.74, 6) is -0.969. The number of amides is 1. The van der Waals surface area contributed by atoms with Crippen LogP contribution in [0.15, 0.2) is 53.4 Å². The van der Waals surface area contributed by atoms with Gasteiger partial charge in [0, 0.05) is 41.5 Å². The molecule has 0 spiro atoms. The van der Waals surface area contributed by atoms with E-state index in [1.807, 2.05) is 24.3 Å². The first kappa shape index (κ1) is 23.6. The van der Waals surface area contributed by atoms with Crippen molar-refractivity contribution in [3.05, 3.63) is 58.6 Å². The number of ether oxygens (including phenoxy) is 2. The van der Waals surface area contributed by atoms with Gasteiger partial charge in [0.05, 0.1) is 18.1 Å². The Labute approximate surface area is 190 Å². The monoisotopic (exact) mass is 459 g/mol. The van der Waals surface area contributed by atoms with Crippen LogP contribution in [0.25, 0.3) is 0 Å². The minimum atomic E-state index is -0.971. The Hall–Kier alpha value is -3.11. The third kappa shape index (κ3) is 6.44. The van der Waals surface area contributed by atoms with Gasteiger partial charge in [-0.15, -0.1) is 11.8 Å². The number of hydrogen-bond donors (Lipinski definition) is 1. The molecule has 3 rings (SSSR count). The molecular formula is C22H25N3O6S. The number of anilines is 2. The van der Waals surface area contributed by atoms with Crippen molar-refractivity contribution in [1.82, 2.24) is 0 Å². The summed E-state index contributed by atoms with van der Waals surface area (Å²) >= 11 is 1.20. The quantitative estimate of drug-likeness (QED) is 0.276. The number of rotatable bonds is 8. The summed E-state index contributed by atoms with van der Waals surface area (Å²) in [6.07, 6.45) is -0.971. The zero-order valence-electron chi connectivity index (χ0n) is 17.9. The number of thioether (sulfide) groups is 1. The van der Waals surface area contributed by atoms with E-state index in [0.717, 1.165) is 18.8 Å². The fourth-order valence-electron chi connectivity index (χ4n) is 3.04. The Morgan fingerprint density at radius 2 is 1.72 bits per heavy atom. The van der Waals surface area contributed by atoms with Crippen LogP contribution in [-0.2, 0) is 19.1 Å². The molecule has 2 unspecified atom stereocenters. The maximum Gasteiger partial charge on any atom is 0.319 e. The van der Waals surface area contributed by atoms with Gasteiger partial charge in [-0.25, -0.2) is 0 Å². The number of nitrogens with one attached hydrogen (secondary N) is 1. The number of carbonyl (C=O) groups excluding carboxylic acids is 2. The summed E-state index contributed by atoms with van der Waals surface area (Å²) in [4.78, 5) is 37.9. The van der Waals surface area contributed by atoms with Gasteiger partial charge in [-0.3, -0.25) is 19.7 Å². The Balaban J connectivity index is 1.48. The molecule has 0 saturated carbocycles. The van der Waals surface area contributed by atoms with Crippen LogP contribution in [0.1, 0.15) is 13.8 Å². The van der Waals surface area contributed by atoms with Gasteiger partial charge in [0.1, 0.15) is 5.25 Å². The number of hydrogen-bond acceptors (Lipinski definition) is 8. The molecule has 1 saturated heterocycles. The van der Waals surface area contributed by atoms with Gasteiger partial charge >= 0.3 is 5.97 Å². The largest absolute Gasteiger partial charge is 0.452 e. The van der Waals surface area contributed by atoms with Crippen molar-refractivity contribution in [2.24, 2.45) is 0 Å². The van der Waals surface area contributed by atoms with E-state index in [-0.39, 0.29) is 5.69 Å². The summed E-state index contributed by atoms with van der Waals surface area (Å²) in [6.45, 7) is 6.22. The van der Waals surface area contributed by atoms with Crippen LogP contribution >= 0.6 is 11.8 Å². The second-order valence-electron chi connectivity index (χ2n) is 7.23. The summed E-state index contributed by atoms with van der Waals surface area (Å²) in [6, 6.07) is 13.4. The summed E-state index contributed by atoms with van der Waals surface area (Å²) in [7, 11) is 0. The van der Waals surface area contributed by atoms with Gasteiger partial charge < -0.3 is 19.7 Å². The Bertz CT molecular complexity index is 945. The minimum Gasteiger partial charge on any atom is -0.452 e. The zero-order chi connectivity index (χ0) is 23.1. The highest BCUT2D eigenvalue weighted by molar-refractivity contribution is 8.00. The van der Waals surface area contributed by atoms with E-state index in [2.05, 4.69) is 10.2 Å². The van der Waals surface area contributed by atoms with Crippen molar-refractivity contribution in [2.75, 3.05) is 36.5 Å². The Morgan fingerprint density at radius 1 is 1.09 bits per heavy atom. The lowest BCUT2D eigenvalue weighted by atomic mass is 10.2. The van der Waals surface area contributed by atoms with Gasteiger partial charge in [-0.05, 0) is 50.2 Å². The van der Waals surface area contributed by atoms with E-state index in [0.29, 0.717) is 23.8 Å². The maximum atomic E-state index is 12.4. The number of morpholine rings is 1. The molecule has 32 heavy (non-hydrogen) atoms. The highest BCUT2D eigenvalue weighted by atomic mass is 32.2. The van der Waals surface area contributed by atoms with E-state index in [4.69, 9.17) is 9.47 Å². The molecule has 1 amide bonds. The average molecular weight is 460 g/mol. The van der Waals surface area contributed by atoms with Crippen molar-refractivity contribution in [1.29, 1.82) is 0 Å². The molecule has 0 radical (unpaired) electrons. The number of nitrogens with zero attached hydrogens (tertiary/aromatic N) is 2. The number of nitro groups is 1. The molecule has 0 aromatic heterocycles. The molecule has 0 bridgehead atoms. The van der Waals surface area contributed by atoms with Crippen molar-refractivity contribution in [3.63, 3.8) is 0 Å². The lowest BCUT2D eigenvalue weighted by Gasteiger charge is -2.29. The predicted molar refractivity (Wildman–Crippen MR) is 122 cm³/mol. The number of esters is 1. The molecule has 170 valence electrons. The number of non-ortho nitro benzene ring substituents is 1. The van der Waals surface area contributed by atoms with Crippen LogP contribution in [-0.4, -0.2) is 54.5 Å². The molecule has 1 aliphatic rings. The zero-order valence-corrected chi connectivity index (χ0v) is 18.7. The van der Waals surface area contributed by atoms with Crippen LogP contribution in [0.5, 0.6) is 0 Å². The van der Waals surface area contributed by atoms with Gasteiger partial charge in [0.15, 0.2) is 6.10 Å². The van der Waals surface area contributed by atoms with Gasteiger partial charge in [0.25, 0.3) is 11.6 Å². The molecule has 9 nitrogen and oxygen atoms in total. The van der Waals surface area contributed by atoms with E-state index in [9.17, 15) is 19.7 Å². The smallest absolute Gasteiger partial charge is 0.319 e. The molecule has 0 aliphatic carbocycles. The second kappa shape index (κ2) is 11.0. The van der Waals surface area contributed by atoms with Crippen molar-refractivity contribution in [3.8, 4) is 0 Å². The standard InChI is InChI=1S/C22H25N3O6S/c1-15(31-22(27)16(2)32-20-9-7-19(8-10-20)25(28)29)21(26)23-17-3-5-18(6-4-17)24-11-13-30-14-12-24/h3-10,15-16H,11-14H2,1-2H3,(H,23,26). The normalized spacial score (nSPS) is 15.5. The number of nitro benzene ring substituents is 1. The van der Waals surface area contributed by atoms with Gasteiger partial charge in [-0.2, -0.15) is 0 Å². The topological polar surface area (TPSA) is 111 Å². The molecule has 1 N–H and O–H groups in total. The highest BCUT2D eigenvalue weighted by Crippen LogP contribution is 2.26. The molecule has 1 fully saturated rings. The minimum absolute atomic E-state index is 0.0205. The average Bonchev–Trinajstić information content (AvgIpc) is 2.80. The second-order valence-corrected chi connectivity index (χ2v) is 8.64. The lowest BCUT2D eigenvalue weighted by Crippen LogP contribution is -2.36. The van der Waals surface area contributed by atoms with Crippen LogP contribution in [0, 0.1) is 10.1 Å². The van der Waals surface area contributed by atoms with Crippen LogP contribution < -0.4 is 10.2 Å². The van der Waals surface area contributed by atoms with Gasteiger partial charge in [-0.1, -0.05) is 0 Å². The van der Waals surface area contributed by atoms with Crippen molar-refractivity contribution in [2.45, 2.75) is 30.1 Å². The van der Waals surface area contributed by atoms with E-state index >= 15 is 0 Å². The number of benzene rings is 2. The molecule has 1 aliphatic heterocycles. The van der Waals surface area contributed by atoms with Crippen LogP contribution in [0.4, 0.5) is 17.1 Å². The van der Waals surface area contributed by atoms with E-state index in [1.54, 1.807) is 19.1 Å². The molecule has 10 heteroatoms. The van der Waals surface area contributed by atoms with Gasteiger partial charge in [0.2, 0.25) is 0 Å². The summed E-state index contributed by atoms with van der Waals surface area (Å²) in [5.41, 5.74) is 1.65. The van der Waals surface area contributed by atoms with E-state index in [1.165, 1.54) is 30.8 Å². The maximum absolute atomic E-state index is 12.4. The third-order valence-electron chi connectivity index (χ3n) is 4.87. The lowest BCUT2D eigenvalue weighted by molar-refractivity contribution is -0.384. The first-order valence-electron chi connectivity index (χ1n) is 10.2. The molecule has 1 heterocycles. The fraction of sp³-hybridized carbons (Fsp3) is 0.364. The van der Waals surface area contributed by atoms with Crippen LogP contribution in [0.2, 0.25) is 0 Å². The van der Waals surface area contributed by atoms with Crippen molar-refractivity contribution >= 4 is 40.7 Å². The molecule has 2 aromatic rings. The Morgan fingerprint density at radius 3 is 2.31 bits per heavy atom. The first-order chi connectivity index (χ1) is 15.3. The van der Waals surface area contributed by atoms with Crippen LogP contribution in [0.3, 0.4) is 0 Å². The predicted octanol–water partition coefficient (Wildman–Crippen LogP) is 3.48. The summed E-state index contributed by atoms with van der Waals surface area (Å²) < 4.78 is 10.6. The Kier molecular flexibility index (Phi) is 8.07. The number of carbonyl (C=O) groups is 2. The summed E-state index contributed by atoms with van der Waals surface area (Å²) in [5, 5.41) is 12.9. The fourth-order valence-corrected chi connectivity index (χ4v) is 3.90. The van der Waals surface area contributed by atoms with E-state index < -0.39 is 28.2 Å². The SMILES string of the molecule is CC(OC(=O)C(C)Sc1ccc([N+](=O)[O-])cc1)C(=O)Nc1ccc(N2CCOCC2)cc1. The molecular weight excluding hydrogens is 434 g/mol. The highest BCUT2D eigenvalue weighted by Gasteiger charge is 2.23. The third-order valence-corrected chi connectivity index (χ3v) is 5.96. The first-order valence-corrected chi connectivity index (χ1v) is 11.1. The molecule has 2 atom stereocenters. The van der Waals surface area contributed by atoms with Crippen molar-refractivity contribution < 1.29 is 24.0 Å². The molecule has 2 aromatic carbocycles.